The highest BCUT2D eigenvalue weighted by atomic mass is 16.2. The zero-order valence-corrected chi connectivity index (χ0v) is 8.42. The molecule has 1 amide bonds. The summed E-state index contributed by atoms with van der Waals surface area (Å²) in [4.78, 5) is 13.6. The van der Waals surface area contributed by atoms with Crippen LogP contribution in [-0.2, 0) is 4.79 Å². The molecule has 0 aromatic heterocycles. The molecule has 1 aliphatic heterocycles. The number of piperazine rings is 1. The number of carbonyl (C=O) groups excluding carboxylic acids is 1. The topological polar surface area (TPSA) is 58.4 Å². The molecule has 0 unspecified atom stereocenters. The van der Waals surface area contributed by atoms with Gasteiger partial charge in [-0.25, -0.2) is 0 Å². The summed E-state index contributed by atoms with van der Waals surface area (Å²) in [5, 5.41) is 3.20. The standard InChI is InChI=1S/C9H19N3O/c1-7(2)8(10)9(13)12-5-3-11-4-6-12/h7-8,11H,3-6,10H2,1-2H3/t8-/m0/s1. The highest BCUT2D eigenvalue weighted by Crippen LogP contribution is 2.04. The van der Waals surface area contributed by atoms with E-state index in [1.54, 1.807) is 0 Å². The summed E-state index contributed by atoms with van der Waals surface area (Å²) in [5.41, 5.74) is 5.78. The van der Waals surface area contributed by atoms with Crippen LogP contribution in [0.2, 0.25) is 0 Å². The summed E-state index contributed by atoms with van der Waals surface area (Å²) >= 11 is 0. The van der Waals surface area contributed by atoms with Crippen LogP contribution in [0.5, 0.6) is 0 Å². The minimum absolute atomic E-state index is 0.0940. The Labute approximate surface area is 79.5 Å². The molecule has 1 aliphatic rings. The molecule has 0 bridgehead atoms. The van der Waals surface area contributed by atoms with Crippen LogP contribution in [-0.4, -0.2) is 43.0 Å². The molecule has 3 N–H and O–H groups in total. The molecule has 76 valence electrons. The maximum absolute atomic E-state index is 11.7. The van der Waals surface area contributed by atoms with Crippen LogP contribution in [0.1, 0.15) is 13.8 Å². The van der Waals surface area contributed by atoms with Crippen LogP contribution < -0.4 is 11.1 Å². The number of nitrogens with two attached hydrogens (primary N) is 1. The molecule has 0 aromatic rings. The zero-order chi connectivity index (χ0) is 9.84. The van der Waals surface area contributed by atoms with E-state index in [-0.39, 0.29) is 17.9 Å². The molecule has 1 atom stereocenters. The van der Waals surface area contributed by atoms with Gasteiger partial charge in [-0.05, 0) is 5.92 Å². The number of rotatable bonds is 2. The maximum Gasteiger partial charge on any atom is 0.239 e. The van der Waals surface area contributed by atoms with Gasteiger partial charge in [-0.1, -0.05) is 13.8 Å². The van der Waals surface area contributed by atoms with Gasteiger partial charge in [0.25, 0.3) is 0 Å². The van der Waals surface area contributed by atoms with E-state index in [0.717, 1.165) is 26.2 Å². The Hall–Kier alpha value is -0.610. The Morgan fingerprint density at radius 1 is 1.38 bits per heavy atom. The van der Waals surface area contributed by atoms with E-state index in [4.69, 9.17) is 5.73 Å². The lowest BCUT2D eigenvalue weighted by atomic mass is 10.0. The number of nitrogens with zero attached hydrogens (tertiary/aromatic N) is 1. The number of nitrogens with one attached hydrogen (secondary N) is 1. The summed E-state index contributed by atoms with van der Waals surface area (Å²) in [7, 11) is 0. The fourth-order valence-corrected chi connectivity index (χ4v) is 1.38. The van der Waals surface area contributed by atoms with Gasteiger partial charge in [0.15, 0.2) is 0 Å². The summed E-state index contributed by atoms with van der Waals surface area (Å²) < 4.78 is 0. The Morgan fingerprint density at radius 3 is 2.38 bits per heavy atom. The minimum atomic E-state index is -0.335. The van der Waals surface area contributed by atoms with E-state index >= 15 is 0 Å². The highest BCUT2D eigenvalue weighted by Gasteiger charge is 2.24. The molecule has 0 saturated carbocycles. The first-order valence-corrected chi connectivity index (χ1v) is 4.88. The second kappa shape index (κ2) is 4.58. The van der Waals surface area contributed by atoms with Crippen molar-refractivity contribution < 1.29 is 4.79 Å². The Bertz CT molecular complexity index is 176. The molecule has 1 fully saturated rings. The van der Waals surface area contributed by atoms with E-state index in [1.165, 1.54) is 0 Å². The van der Waals surface area contributed by atoms with E-state index < -0.39 is 0 Å². The van der Waals surface area contributed by atoms with Crippen LogP contribution in [0.15, 0.2) is 0 Å². The third-order valence-corrected chi connectivity index (χ3v) is 2.43. The van der Waals surface area contributed by atoms with Gasteiger partial charge in [0.1, 0.15) is 0 Å². The average molecular weight is 185 g/mol. The predicted molar refractivity (Wildman–Crippen MR) is 52.3 cm³/mol. The van der Waals surface area contributed by atoms with Gasteiger partial charge in [0.05, 0.1) is 6.04 Å². The van der Waals surface area contributed by atoms with Gasteiger partial charge < -0.3 is 16.0 Å². The largest absolute Gasteiger partial charge is 0.339 e. The summed E-state index contributed by atoms with van der Waals surface area (Å²) in [6.07, 6.45) is 0. The second-order valence-corrected chi connectivity index (χ2v) is 3.85. The maximum atomic E-state index is 11.7. The normalized spacial score (nSPS) is 20.5. The molecule has 0 aliphatic carbocycles. The Morgan fingerprint density at radius 2 is 1.92 bits per heavy atom. The van der Waals surface area contributed by atoms with E-state index in [0.29, 0.717) is 0 Å². The molecule has 4 heteroatoms. The van der Waals surface area contributed by atoms with Crippen LogP contribution in [0.25, 0.3) is 0 Å². The van der Waals surface area contributed by atoms with Crippen molar-refractivity contribution in [2.45, 2.75) is 19.9 Å². The number of hydrogen-bond donors (Lipinski definition) is 2. The Kier molecular flexibility index (Phi) is 3.69. The zero-order valence-electron chi connectivity index (χ0n) is 8.42. The third kappa shape index (κ3) is 2.67. The lowest BCUT2D eigenvalue weighted by molar-refractivity contribution is -0.134. The van der Waals surface area contributed by atoms with Gasteiger partial charge in [-0.2, -0.15) is 0 Å². The first-order valence-electron chi connectivity index (χ1n) is 4.88. The average Bonchev–Trinajstić information content (AvgIpc) is 2.17. The molecule has 0 spiro atoms. The summed E-state index contributed by atoms with van der Waals surface area (Å²) in [6, 6.07) is -0.335. The first kappa shape index (κ1) is 10.5. The van der Waals surface area contributed by atoms with Crippen LogP contribution >= 0.6 is 0 Å². The smallest absolute Gasteiger partial charge is 0.239 e. The molecule has 0 radical (unpaired) electrons. The van der Waals surface area contributed by atoms with E-state index in [1.807, 2.05) is 18.7 Å². The molecule has 13 heavy (non-hydrogen) atoms. The molecule has 1 rings (SSSR count). The summed E-state index contributed by atoms with van der Waals surface area (Å²) in [5.74, 6) is 0.318. The van der Waals surface area contributed by atoms with Crippen molar-refractivity contribution >= 4 is 5.91 Å². The van der Waals surface area contributed by atoms with Crippen LogP contribution in [0.3, 0.4) is 0 Å². The molecule has 4 nitrogen and oxygen atoms in total. The monoisotopic (exact) mass is 185 g/mol. The Balaban J connectivity index is 2.45. The van der Waals surface area contributed by atoms with Crippen molar-refractivity contribution in [3.63, 3.8) is 0 Å². The van der Waals surface area contributed by atoms with Crippen molar-refractivity contribution in [2.75, 3.05) is 26.2 Å². The van der Waals surface area contributed by atoms with Gasteiger partial charge in [-0.15, -0.1) is 0 Å². The highest BCUT2D eigenvalue weighted by molar-refractivity contribution is 5.82. The van der Waals surface area contributed by atoms with Crippen molar-refractivity contribution in [3.8, 4) is 0 Å². The minimum Gasteiger partial charge on any atom is -0.339 e. The van der Waals surface area contributed by atoms with Crippen molar-refractivity contribution in [3.05, 3.63) is 0 Å². The molecule has 1 heterocycles. The lowest BCUT2D eigenvalue weighted by Gasteiger charge is -2.30. The van der Waals surface area contributed by atoms with Gasteiger partial charge >= 0.3 is 0 Å². The van der Waals surface area contributed by atoms with Crippen molar-refractivity contribution in [1.82, 2.24) is 10.2 Å². The lowest BCUT2D eigenvalue weighted by Crippen LogP contribution is -2.53. The SMILES string of the molecule is CC(C)[C@H](N)C(=O)N1CCNCC1. The fourth-order valence-electron chi connectivity index (χ4n) is 1.38. The quantitative estimate of drug-likeness (QED) is 0.604. The molecular weight excluding hydrogens is 166 g/mol. The predicted octanol–water partition coefficient (Wildman–Crippen LogP) is -0.598. The first-order chi connectivity index (χ1) is 6.13. The van der Waals surface area contributed by atoms with E-state index in [9.17, 15) is 4.79 Å². The van der Waals surface area contributed by atoms with Gasteiger partial charge in [-0.3, -0.25) is 4.79 Å². The second-order valence-electron chi connectivity index (χ2n) is 3.85. The number of carbonyl (C=O) groups is 1. The summed E-state index contributed by atoms with van der Waals surface area (Å²) in [6.45, 7) is 7.31. The van der Waals surface area contributed by atoms with Crippen LogP contribution in [0.4, 0.5) is 0 Å². The van der Waals surface area contributed by atoms with Gasteiger partial charge in [0, 0.05) is 26.2 Å². The third-order valence-electron chi connectivity index (χ3n) is 2.43. The van der Waals surface area contributed by atoms with Crippen molar-refractivity contribution in [1.29, 1.82) is 0 Å². The molecular formula is C9H19N3O. The molecule has 0 aromatic carbocycles. The van der Waals surface area contributed by atoms with Crippen molar-refractivity contribution in [2.24, 2.45) is 11.7 Å². The van der Waals surface area contributed by atoms with E-state index in [2.05, 4.69) is 5.32 Å². The number of hydrogen-bond acceptors (Lipinski definition) is 3. The number of amides is 1. The molecule has 1 saturated heterocycles. The van der Waals surface area contributed by atoms with Crippen LogP contribution in [0, 0.1) is 5.92 Å². The van der Waals surface area contributed by atoms with Gasteiger partial charge in [0.2, 0.25) is 5.91 Å². The fraction of sp³-hybridized carbons (Fsp3) is 0.889.